The minimum absolute atomic E-state index is 0.118. The number of aliphatic hydroxyl groups excluding tert-OH is 1. The van der Waals surface area contributed by atoms with Gasteiger partial charge in [-0.1, -0.05) is 18.2 Å². The summed E-state index contributed by atoms with van der Waals surface area (Å²) in [6.45, 7) is 2.37. The van der Waals surface area contributed by atoms with Gasteiger partial charge in [0.05, 0.1) is 22.2 Å². The number of rotatable bonds is 6. The van der Waals surface area contributed by atoms with Crippen molar-refractivity contribution in [2.45, 2.75) is 13.0 Å². The maximum absolute atomic E-state index is 13.2. The summed E-state index contributed by atoms with van der Waals surface area (Å²) in [4.78, 5) is 44.6. The van der Waals surface area contributed by atoms with Crippen molar-refractivity contribution in [2.75, 3.05) is 27.2 Å². The van der Waals surface area contributed by atoms with Gasteiger partial charge in [0.1, 0.15) is 11.3 Å². The number of non-ortho nitro benzene ring substituents is 1. The molecule has 1 atom stereocenters. The zero-order valence-corrected chi connectivity index (χ0v) is 18.4. The fourth-order valence-corrected chi connectivity index (χ4v) is 4.10. The van der Waals surface area contributed by atoms with E-state index in [1.807, 2.05) is 19.0 Å². The highest BCUT2D eigenvalue weighted by atomic mass is 16.6. The van der Waals surface area contributed by atoms with Crippen LogP contribution in [0.3, 0.4) is 0 Å². The fraction of sp³-hybridized carbons (Fsp3) is 0.261. The van der Waals surface area contributed by atoms with E-state index in [0.29, 0.717) is 29.1 Å². The van der Waals surface area contributed by atoms with Gasteiger partial charge in [-0.3, -0.25) is 24.1 Å². The number of benzene rings is 1. The highest BCUT2D eigenvalue weighted by molar-refractivity contribution is 6.46. The molecular formula is C23H23N5O5. The predicted molar refractivity (Wildman–Crippen MR) is 121 cm³/mol. The van der Waals surface area contributed by atoms with Crippen LogP contribution in [-0.2, 0) is 9.59 Å². The molecule has 1 aromatic carbocycles. The summed E-state index contributed by atoms with van der Waals surface area (Å²) in [6.07, 6.45) is 1.70. The lowest BCUT2D eigenvalue weighted by Gasteiger charge is -2.26. The van der Waals surface area contributed by atoms with Crippen LogP contribution in [0.25, 0.3) is 11.4 Å². The Morgan fingerprint density at radius 2 is 1.97 bits per heavy atom. The van der Waals surface area contributed by atoms with Crippen molar-refractivity contribution in [1.29, 1.82) is 0 Å². The van der Waals surface area contributed by atoms with Crippen molar-refractivity contribution in [1.82, 2.24) is 19.2 Å². The number of nitrogens with zero attached hydrogens (tertiary/aromatic N) is 5. The van der Waals surface area contributed by atoms with Crippen LogP contribution < -0.4 is 0 Å². The minimum atomic E-state index is -0.974. The standard InChI is InChI=1S/C23H23N5O5/c1-14-19(26-10-5-4-9-17(26)24-14)21(29)18-20(15-7-6-8-16(13-15)28(32)33)27(12-11-25(2)3)23(31)22(18)30/h4-10,13,20,29H,11-12H2,1-3H3/b21-18+/t20-/m1/s1. The number of imidazole rings is 1. The predicted octanol–water partition coefficient (Wildman–Crippen LogP) is 2.53. The number of aliphatic hydroxyl groups is 1. The number of likely N-dealkylation sites (tertiary alicyclic amines) is 1. The van der Waals surface area contributed by atoms with Crippen molar-refractivity contribution in [3.05, 3.63) is 81.3 Å². The summed E-state index contributed by atoms with van der Waals surface area (Å²) in [7, 11) is 3.67. The number of ketones is 1. The number of carbonyl (C=O) groups is 2. The molecule has 33 heavy (non-hydrogen) atoms. The summed E-state index contributed by atoms with van der Waals surface area (Å²) in [5, 5.41) is 22.7. The van der Waals surface area contributed by atoms with E-state index in [2.05, 4.69) is 4.98 Å². The number of fused-ring (bicyclic) bond motifs is 1. The molecule has 170 valence electrons. The third kappa shape index (κ3) is 3.85. The van der Waals surface area contributed by atoms with Gasteiger partial charge in [-0.25, -0.2) is 4.98 Å². The molecule has 0 saturated carbocycles. The maximum atomic E-state index is 13.2. The molecule has 1 aliphatic rings. The third-order valence-corrected chi connectivity index (χ3v) is 5.65. The highest BCUT2D eigenvalue weighted by Crippen LogP contribution is 2.40. The van der Waals surface area contributed by atoms with Gasteiger partial charge in [-0.2, -0.15) is 0 Å². The molecule has 0 spiro atoms. The van der Waals surface area contributed by atoms with Crippen molar-refractivity contribution in [2.24, 2.45) is 0 Å². The van der Waals surface area contributed by atoms with Gasteiger partial charge in [-0.05, 0) is 38.7 Å². The van der Waals surface area contributed by atoms with Gasteiger partial charge in [0.25, 0.3) is 17.4 Å². The first kappa shape index (κ1) is 22.2. The van der Waals surface area contributed by atoms with Gasteiger partial charge < -0.3 is 14.9 Å². The Balaban J connectivity index is 1.95. The second-order valence-corrected chi connectivity index (χ2v) is 8.12. The normalized spacial score (nSPS) is 17.9. The summed E-state index contributed by atoms with van der Waals surface area (Å²) >= 11 is 0. The van der Waals surface area contributed by atoms with E-state index in [9.17, 15) is 24.8 Å². The number of aromatic nitrogens is 2. The molecule has 10 nitrogen and oxygen atoms in total. The number of amides is 1. The molecule has 1 saturated heterocycles. The molecule has 1 N–H and O–H groups in total. The summed E-state index contributed by atoms with van der Waals surface area (Å²) in [5.41, 5.74) is 1.44. The first-order valence-corrected chi connectivity index (χ1v) is 10.3. The fourth-order valence-electron chi connectivity index (χ4n) is 4.10. The highest BCUT2D eigenvalue weighted by Gasteiger charge is 2.46. The third-order valence-electron chi connectivity index (χ3n) is 5.65. The van der Waals surface area contributed by atoms with Crippen LogP contribution in [0.4, 0.5) is 5.69 Å². The second-order valence-electron chi connectivity index (χ2n) is 8.12. The lowest BCUT2D eigenvalue weighted by molar-refractivity contribution is -0.384. The second kappa shape index (κ2) is 8.47. The van der Waals surface area contributed by atoms with E-state index < -0.39 is 22.7 Å². The Morgan fingerprint density at radius 3 is 2.67 bits per heavy atom. The molecule has 0 unspecified atom stereocenters. The number of likely N-dealkylation sites (N-methyl/N-ethyl adjacent to an activating group) is 1. The van der Waals surface area contributed by atoms with Crippen LogP contribution in [0.5, 0.6) is 0 Å². The molecule has 1 aliphatic heterocycles. The van der Waals surface area contributed by atoms with Gasteiger partial charge >= 0.3 is 0 Å². The average molecular weight is 449 g/mol. The average Bonchev–Trinajstić information content (AvgIpc) is 3.25. The van der Waals surface area contributed by atoms with Gasteiger partial charge in [0.15, 0.2) is 5.76 Å². The molecule has 0 radical (unpaired) electrons. The van der Waals surface area contributed by atoms with Crippen molar-refractivity contribution in [3.63, 3.8) is 0 Å². The van der Waals surface area contributed by atoms with E-state index in [-0.39, 0.29) is 23.6 Å². The Morgan fingerprint density at radius 1 is 1.21 bits per heavy atom. The molecule has 1 fully saturated rings. The number of aryl methyl sites for hydroxylation is 1. The lowest BCUT2D eigenvalue weighted by Crippen LogP contribution is -2.35. The van der Waals surface area contributed by atoms with E-state index in [0.717, 1.165) is 0 Å². The van der Waals surface area contributed by atoms with Crippen LogP contribution in [0.1, 0.15) is 23.0 Å². The zero-order chi connectivity index (χ0) is 23.9. The number of Topliss-reactive ketones (excluding diaryl/α,β-unsaturated/α-hetero) is 1. The number of carbonyl (C=O) groups excluding carboxylic acids is 2. The van der Waals surface area contributed by atoms with Gasteiger partial charge in [0, 0.05) is 31.4 Å². The van der Waals surface area contributed by atoms with E-state index in [4.69, 9.17) is 0 Å². The van der Waals surface area contributed by atoms with Crippen LogP contribution in [0.2, 0.25) is 0 Å². The molecule has 1 amide bonds. The molecule has 2 aromatic heterocycles. The Kier molecular flexibility index (Phi) is 5.69. The molecule has 4 rings (SSSR count). The van der Waals surface area contributed by atoms with Crippen molar-refractivity contribution >= 4 is 28.8 Å². The Hall–Kier alpha value is -4.05. The molecule has 3 heterocycles. The van der Waals surface area contributed by atoms with Crippen LogP contribution in [0.15, 0.2) is 54.2 Å². The molecule has 0 bridgehead atoms. The van der Waals surface area contributed by atoms with Crippen LogP contribution in [0, 0.1) is 17.0 Å². The largest absolute Gasteiger partial charge is 0.505 e. The van der Waals surface area contributed by atoms with Crippen molar-refractivity contribution < 1.29 is 19.6 Å². The smallest absolute Gasteiger partial charge is 0.295 e. The Bertz CT molecular complexity index is 1310. The van der Waals surface area contributed by atoms with Crippen molar-refractivity contribution in [3.8, 4) is 0 Å². The van der Waals surface area contributed by atoms with Gasteiger partial charge in [-0.15, -0.1) is 0 Å². The van der Waals surface area contributed by atoms with Crippen LogP contribution in [-0.4, -0.2) is 68.1 Å². The first-order valence-electron chi connectivity index (χ1n) is 10.3. The maximum Gasteiger partial charge on any atom is 0.295 e. The number of hydrogen-bond acceptors (Lipinski definition) is 7. The minimum Gasteiger partial charge on any atom is -0.505 e. The number of hydrogen-bond donors (Lipinski definition) is 1. The van der Waals surface area contributed by atoms with E-state index in [1.165, 1.54) is 23.1 Å². The molecule has 0 aliphatic carbocycles. The number of nitro benzene ring substituents is 1. The monoisotopic (exact) mass is 449 g/mol. The summed E-state index contributed by atoms with van der Waals surface area (Å²) < 4.78 is 1.64. The number of nitro groups is 1. The molecule has 10 heteroatoms. The molecular weight excluding hydrogens is 426 g/mol. The Labute approximate surface area is 189 Å². The van der Waals surface area contributed by atoms with E-state index in [1.54, 1.807) is 41.8 Å². The van der Waals surface area contributed by atoms with E-state index >= 15 is 0 Å². The summed E-state index contributed by atoms with van der Waals surface area (Å²) in [6, 6.07) is 10.1. The quantitative estimate of drug-likeness (QED) is 0.202. The first-order chi connectivity index (χ1) is 15.7. The molecule has 3 aromatic rings. The van der Waals surface area contributed by atoms with Gasteiger partial charge in [0.2, 0.25) is 0 Å². The summed E-state index contributed by atoms with van der Waals surface area (Å²) in [5.74, 6) is -1.97. The van der Waals surface area contributed by atoms with Crippen LogP contribution >= 0.6 is 0 Å². The topological polar surface area (TPSA) is 121 Å². The zero-order valence-electron chi connectivity index (χ0n) is 18.4. The SMILES string of the molecule is Cc1nc2ccccn2c1/C(O)=C1\C(=O)C(=O)N(CCN(C)C)[C@@H]1c1cccc([N+](=O)[O-])c1. The lowest BCUT2D eigenvalue weighted by atomic mass is 9.96. The number of pyridine rings is 1.